The number of nitro benzene ring substituents is 1. The number of anilines is 1. The molecule has 1 fully saturated rings. The third kappa shape index (κ3) is 2.85. The first kappa shape index (κ1) is 13.8. The van der Waals surface area contributed by atoms with Gasteiger partial charge in [0, 0.05) is 31.6 Å². The van der Waals surface area contributed by atoms with Crippen LogP contribution in [-0.2, 0) is 4.79 Å². The smallest absolute Gasteiger partial charge is 0.292 e. The maximum Gasteiger partial charge on any atom is 0.292 e. The van der Waals surface area contributed by atoms with Crippen LogP contribution in [0.5, 0.6) is 0 Å². The van der Waals surface area contributed by atoms with Crippen LogP contribution >= 0.6 is 0 Å². The summed E-state index contributed by atoms with van der Waals surface area (Å²) >= 11 is 0. The van der Waals surface area contributed by atoms with Gasteiger partial charge >= 0.3 is 0 Å². The fourth-order valence-corrected chi connectivity index (χ4v) is 2.01. The number of carbonyl (C=O) groups is 2. The number of nitro groups is 1. The van der Waals surface area contributed by atoms with E-state index in [0.29, 0.717) is 12.1 Å². The third-order valence-electron chi connectivity index (χ3n) is 3.04. The predicted molar refractivity (Wildman–Crippen MR) is 71.5 cm³/mol. The van der Waals surface area contributed by atoms with Crippen molar-refractivity contribution < 1.29 is 14.5 Å². The first-order valence-electron chi connectivity index (χ1n) is 6.05. The van der Waals surface area contributed by atoms with Gasteiger partial charge in [-0.25, -0.2) is 0 Å². The van der Waals surface area contributed by atoms with E-state index in [4.69, 9.17) is 0 Å². The molecule has 0 spiro atoms. The molecule has 1 aliphatic rings. The van der Waals surface area contributed by atoms with Crippen LogP contribution in [0.1, 0.15) is 16.8 Å². The van der Waals surface area contributed by atoms with Gasteiger partial charge in [0.05, 0.1) is 11.0 Å². The molecule has 1 aromatic rings. The van der Waals surface area contributed by atoms with Crippen LogP contribution in [0, 0.1) is 10.1 Å². The van der Waals surface area contributed by atoms with Crippen LogP contribution in [0.2, 0.25) is 0 Å². The normalized spacial score (nSPS) is 17.4. The Labute approximate surface area is 114 Å². The Morgan fingerprint density at radius 1 is 1.50 bits per heavy atom. The van der Waals surface area contributed by atoms with Crippen molar-refractivity contribution >= 4 is 23.2 Å². The molecular formula is C12H14N4O4. The fourth-order valence-electron chi connectivity index (χ4n) is 2.01. The minimum atomic E-state index is -0.521. The summed E-state index contributed by atoms with van der Waals surface area (Å²) in [6.45, 7) is 0.399. The second-order valence-electron chi connectivity index (χ2n) is 4.42. The molecule has 1 saturated heterocycles. The van der Waals surface area contributed by atoms with Crippen LogP contribution in [0.4, 0.5) is 11.4 Å². The summed E-state index contributed by atoms with van der Waals surface area (Å²) in [6.07, 6.45) is 0.248. The zero-order valence-corrected chi connectivity index (χ0v) is 10.8. The van der Waals surface area contributed by atoms with Gasteiger partial charge in [0.25, 0.3) is 11.6 Å². The molecule has 1 atom stereocenters. The monoisotopic (exact) mass is 278 g/mol. The van der Waals surface area contributed by atoms with Crippen molar-refractivity contribution in [3.63, 3.8) is 0 Å². The van der Waals surface area contributed by atoms with E-state index in [1.807, 2.05) is 0 Å². The van der Waals surface area contributed by atoms with E-state index in [1.54, 1.807) is 7.05 Å². The van der Waals surface area contributed by atoms with Crippen LogP contribution in [0.25, 0.3) is 0 Å². The summed E-state index contributed by atoms with van der Waals surface area (Å²) in [7, 11) is 1.55. The molecule has 20 heavy (non-hydrogen) atoms. The van der Waals surface area contributed by atoms with Gasteiger partial charge in [-0.05, 0) is 12.1 Å². The Bertz CT molecular complexity index is 573. The van der Waals surface area contributed by atoms with E-state index in [-0.39, 0.29) is 35.7 Å². The van der Waals surface area contributed by atoms with Crippen molar-refractivity contribution in [1.82, 2.24) is 10.6 Å². The van der Waals surface area contributed by atoms with Crippen LogP contribution in [0.15, 0.2) is 18.2 Å². The molecule has 8 heteroatoms. The molecule has 2 amide bonds. The molecule has 2 rings (SSSR count). The van der Waals surface area contributed by atoms with Crippen LogP contribution < -0.4 is 16.0 Å². The van der Waals surface area contributed by atoms with E-state index < -0.39 is 4.92 Å². The standard InChI is InChI=1S/C12H14N4O4/c1-13-9-4-7(2-3-10(9)16(19)20)12(18)15-8-5-11(17)14-6-8/h2-4,8,13H,5-6H2,1H3,(H,14,17)(H,15,18). The molecule has 0 aromatic heterocycles. The minimum absolute atomic E-state index is 0.0956. The number of rotatable bonds is 4. The zero-order valence-electron chi connectivity index (χ0n) is 10.8. The van der Waals surface area contributed by atoms with Gasteiger partial charge in [0.15, 0.2) is 0 Å². The highest BCUT2D eigenvalue weighted by molar-refractivity contribution is 5.96. The van der Waals surface area contributed by atoms with Crippen molar-refractivity contribution in [3.05, 3.63) is 33.9 Å². The van der Waals surface area contributed by atoms with Crippen molar-refractivity contribution in [2.45, 2.75) is 12.5 Å². The Kier molecular flexibility index (Phi) is 3.83. The van der Waals surface area contributed by atoms with E-state index in [9.17, 15) is 19.7 Å². The van der Waals surface area contributed by atoms with Crippen molar-refractivity contribution in [2.75, 3.05) is 18.9 Å². The number of amides is 2. The number of carbonyl (C=O) groups excluding carboxylic acids is 2. The number of hydrogen-bond acceptors (Lipinski definition) is 5. The Hall–Kier alpha value is -2.64. The number of nitrogens with zero attached hydrogens (tertiary/aromatic N) is 1. The van der Waals surface area contributed by atoms with E-state index in [1.165, 1.54) is 18.2 Å². The lowest BCUT2D eigenvalue weighted by Crippen LogP contribution is -2.36. The first-order valence-corrected chi connectivity index (χ1v) is 6.05. The van der Waals surface area contributed by atoms with Gasteiger partial charge < -0.3 is 16.0 Å². The summed E-state index contributed by atoms with van der Waals surface area (Å²) in [5.41, 5.74) is 0.476. The predicted octanol–water partition coefficient (Wildman–Crippen LogP) is 0.255. The summed E-state index contributed by atoms with van der Waals surface area (Å²) in [5, 5.41) is 18.8. The SMILES string of the molecule is CNc1cc(C(=O)NC2CNC(=O)C2)ccc1[N+](=O)[O-]. The molecule has 0 saturated carbocycles. The molecule has 1 unspecified atom stereocenters. The molecular weight excluding hydrogens is 264 g/mol. The fraction of sp³-hybridized carbons (Fsp3) is 0.333. The molecule has 1 heterocycles. The molecule has 1 aromatic carbocycles. The van der Waals surface area contributed by atoms with Crippen molar-refractivity contribution in [2.24, 2.45) is 0 Å². The van der Waals surface area contributed by atoms with Gasteiger partial charge in [-0.2, -0.15) is 0 Å². The maximum atomic E-state index is 12.0. The Balaban J connectivity index is 2.14. The topological polar surface area (TPSA) is 113 Å². The highest BCUT2D eigenvalue weighted by Gasteiger charge is 2.24. The van der Waals surface area contributed by atoms with Gasteiger partial charge in [-0.3, -0.25) is 19.7 Å². The molecule has 1 aliphatic heterocycles. The lowest BCUT2D eigenvalue weighted by molar-refractivity contribution is -0.383. The number of benzene rings is 1. The highest BCUT2D eigenvalue weighted by atomic mass is 16.6. The van der Waals surface area contributed by atoms with Crippen LogP contribution in [0.3, 0.4) is 0 Å². The second kappa shape index (κ2) is 5.55. The minimum Gasteiger partial charge on any atom is -0.383 e. The molecule has 106 valence electrons. The van der Waals surface area contributed by atoms with Gasteiger partial charge in [0.1, 0.15) is 5.69 Å². The quantitative estimate of drug-likeness (QED) is 0.540. The maximum absolute atomic E-state index is 12.0. The summed E-state index contributed by atoms with van der Waals surface area (Å²) in [6, 6.07) is 3.83. The lowest BCUT2D eigenvalue weighted by Gasteiger charge is -2.11. The first-order chi connectivity index (χ1) is 9.51. The lowest BCUT2D eigenvalue weighted by atomic mass is 10.1. The van der Waals surface area contributed by atoms with E-state index in [0.717, 1.165) is 0 Å². The number of hydrogen-bond donors (Lipinski definition) is 3. The largest absolute Gasteiger partial charge is 0.383 e. The third-order valence-corrected chi connectivity index (χ3v) is 3.04. The van der Waals surface area contributed by atoms with Gasteiger partial charge in [-0.15, -0.1) is 0 Å². The molecule has 3 N–H and O–H groups in total. The number of nitrogens with one attached hydrogen (secondary N) is 3. The van der Waals surface area contributed by atoms with Gasteiger partial charge in [-0.1, -0.05) is 0 Å². The second-order valence-corrected chi connectivity index (χ2v) is 4.42. The van der Waals surface area contributed by atoms with Crippen molar-refractivity contribution in [3.8, 4) is 0 Å². The molecule has 8 nitrogen and oxygen atoms in total. The molecule has 0 aliphatic carbocycles. The average Bonchev–Trinajstić information content (AvgIpc) is 2.83. The summed E-state index contributed by atoms with van der Waals surface area (Å²) < 4.78 is 0. The highest BCUT2D eigenvalue weighted by Crippen LogP contribution is 2.24. The molecule has 0 bridgehead atoms. The average molecular weight is 278 g/mol. The Morgan fingerprint density at radius 2 is 2.25 bits per heavy atom. The Morgan fingerprint density at radius 3 is 2.80 bits per heavy atom. The summed E-state index contributed by atoms with van der Waals surface area (Å²) in [5.74, 6) is -0.465. The van der Waals surface area contributed by atoms with E-state index >= 15 is 0 Å². The van der Waals surface area contributed by atoms with Crippen molar-refractivity contribution in [1.29, 1.82) is 0 Å². The van der Waals surface area contributed by atoms with Gasteiger partial charge in [0.2, 0.25) is 5.91 Å². The molecule has 0 radical (unpaired) electrons. The summed E-state index contributed by atoms with van der Waals surface area (Å²) in [4.78, 5) is 33.3. The van der Waals surface area contributed by atoms with E-state index in [2.05, 4.69) is 16.0 Å². The zero-order chi connectivity index (χ0) is 14.7. The van der Waals surface area contributed by atoms with Crippen LogP contribution in [-0.4, -0.2) is 36.4 Å².